The van der Waals surface area contributed by atoms with Crippen molar-refractivity contribution < 1.29 is 29.7 Å². The van der Waals surface area contributed by atoms with Crippen LogP contribution in [0.2, 0.25) is 0 Å². The minimum atomic E-state index is -1.09. The van der Waals surface area contributed by atoms with Crippen LogP contribution in [0.3, 0.4) is 0 Å². The molecule has 0 fully saturated rings. The summed E-state index contributed by atoms with van der Waals surface area (Å²) in [5.41, 5.74) is 5.31. The fourth-order valence-corrected chi connectivity index (χ4v) is 1.47. The number of carbonyl (C=O) groups is 3. The van der Waals surface area contributed by atoms with Crippen molar-refractivity contribution in [3.63, 3.8) is 0 Å². The number of rotatable bonds is 11. The van der Waals surface area contributed by atoms with Crippen molar-refractivity contribution in [2.45, 2.75) is 44.2 Å². The molecule has 110 valence electrons. The number of hydrogen-bond donors (Lipinski definition) is 5. The van der Waals surface area contributed by atoms with Gasteiger partial charge in [-0.2, -0.15) is 0 Å². The molecule has 0 aliphatic heterocycles. The molecule has 0 radical (unpaired) electrons. The molecule has 0 amide bonds. The molecule has 2 atom stereocenters. The highest BCUT2D eigenvalue weighted by molar-refractivity contribution is 5.75. The molecule has 0 bridgehead atoms. The lowest BCUT2D eigenvalue weighted by Gasteiger charge is -2.13. The summed E-state index contributed by atoms with van der Waals surface area (Å²) in [5, 5.41) is 28.6. The molecule has 0 aromatic heterocycles. The molecule has 0 aliphatic rings. The number of nitrogens with one attached hydrogen (secondary N) is 1. The molecule has 0 aromatic rings. The lowest BCUT2D eigenvalue weighted by Crippen LogP contribution is -2.37. The molecular formula is C11H20N2O6. The summed E-state index contributed by atoms with van der Waals surface area (Å²) in [4.78, 5) is 31.6. The highest BCUT2D eigenvalue weighted by atomic mass is 16.4. The molecule has 19 heavy (non-hydrogen) atoms. The van der Waals surface area contributed by atoms with Crippen molar-refractivity contribution >= 4 is 17.9 Å². The lowest BCUT2D eigenvalue weighted by molar-refractivity contribution is -0.141. The van der Waals surface area contributed by atoms with E-state index in [4.69, 9.17) is 21.1 Å². The highest BCUT2D eigenvalue weighted by Crippen LogP contribution is 2.01. The molecule has 0 spiro atoms. The second kappa shape index (κ2) is 9.29. The Kier molecular flexibility index (Phi) is 8.47. The Labute approximate surface area is 110 Å². The van der Waals surface area contributed by atoms with Gasteiger partial charge >= 0.3 is 17.9 Å². The van der Waals surface area contributed by atoms with Gasteiger partial charge < -0.3 is 26.4 Å². The van der Waals surface area contributed by atoms with Crippen LogP contribution >= 0.6 is 0 Å². The molecule has 0 saturated carbocycles. The summed E-state index contributed by atoms with van der Waals surface area (Å²) in [5.74, 6) is -3.19. The van der Waals surface area contributed by atoms with Gasteiger partial charge in [0.1, 0.15) is 12.1 Å². The molecular weight excluding hydrogens is 256 g/mol. The van der Waals surface area contributed by atoms with Gasteiger partial charge in [-0.05, 0) is 25.8 Å². The predicted molar refractivity (Wildman–Crippen MR) is 65.8 cm³/mol. The standard InChI is InChI=1S/C11H20N2O6/c12-7(10(16)17)3-1-2-6-13-8(11(18)19)4-5-9(14)15/h7-8,13H,1-6,12H2,(H,14,15)(H,16,17)(H,18,19). The highest BCUT2D eigenvalue weighted by Gasteiger charge is 2.17. The molecule has 6 N–H and O–H groups in total. The van der Waals surface area contributed by atoms with Crippen LogP contribution in [0, 0.1) is 0 Å². The zero-order chi connectivity index (χ0) is 14.8. The molecule has 0 heterocycles. The normalized spacial score (nSPS) is 13.7. The Hall–Kier alpha value is -1.67. The number of carboxylic acids is 3. The quantitative estimate of drug-likeness (QED) is 0.316. The average molecular weight is 276 g/mol. The van der Waals surface area contributed by atoms with Gasteiger partial charge in [0.15, 0.2) is 0 Å². The van der Waals surface area contributed by atoms with Crippen molar-refractivity contribution in [2.75, 3.05) is 6.54 Å². The minimum Gasteiger partial charge on any atom is -0.481 e. The van der Waals surface area contributed by atoms with E-state index < -0.39 is 30.0 Å². The van der Waals surface area contributed by atoms with E-state index in [1.54, 1.807) is 0 Å². The Bertz CT molecular complexity index is 320. The van der Waals surface area contributed by atoms with Crippen LogP contribution in [0.15, 0.2) is 0 Å². The third-order valence-corrected chi connectivity index (χ3v) is 2.59. The van der Waals surface area contributed by atoms with Crippen molar-refractivity contribution in [2.24, 2.45) is 5.73 Å². The van der Waals surface area contributed by atoms with Crippen LogP contribution in [-0.2, 0) is 14.4 Å². The van der Waals surface area contributed by atoms with E-state index >= 15 is 0 Å². The number of carboxylic acid groups (broad SMARTS) is 3. The van der Waals surface area contributed by atoms with Crippen molar-refractivity contribution in [3.8, 4) is 0 Å². The maximum Gasteiger partial charge on any atom is 0.320 e. The van der Waals surface area contributed by atoms with Crippen LogP contribution in [0.4, 0.5) is 0 Å². The Morgan fingerprint density at radius 3 is 2.11 bits per heavy atom. The average Bonchev–Trinajstić information content (AvgIpc) is 2.31. The van der Waals surface area contributed by atoms with Crippen molar-refractivity contribution in [3.05, 3.63) is 0 Å². The number of hydrogen-bond acceptors (Lipinski definition) is 5. The van der Waals surface area contributed by atoms with Crippen LogP contribution in [0.5, 0.6) is 0 Å². The summed E-state index contributed by atoms with van der Waals surface area (Å²) in [7, 11) is 0. The second-order valence-corrected chi connectivity index (χ2v) is 4.22. The van der Waals surface area contributed by atoms with Gasteiger partial charge in [0.25, 0.3) is 0 Å². The van der Waals surface area contributed by atoms with Crippen LogP contribution in [-0.4, -0.2) is 51.9 Å². The SMILES string of the molecule is NC(CCCCNC(CCC(=O)O)C(=O)O)C(=O)O. The van der Waals surface area contributed by atoms with Gasteiger partial charge in [-0.3, -0.25) is 14.4 Å². The maximum atomic E-state index is 10.8. The molecule has 8 nitrogen and oxygen atoms in total. The summed E-state index contributed by atoms with van der Waals surface area (Å²) < 4.78 is 0. The zero-order valence-corrected chi connectivity index (χ0v) is 10.5. The first kappa shape index (κ1) is 17.3. The maximum absolute atomic E-state index is 10.8. The number of nitrogens with two attached hydrogens (primary N) is 1. The van der Waals surface area contributed by atoms with Gasteiger partial charge in [0, 0.05) is 6.42 Å². The van der Waals surface area contributed by atoms with E-state index in [9.17, 15) is 14.4 Å². The predicted octanol–water partition coefficient (Wildman–Crippen LogP) is -0.524. The fraction of sp³-hybridized carbons (Fsp3) is 0.727. The monoisotopic (exact) mass is 276 g/mol. The topological polar surface area (TPSA) is 150 Å². The zero-order valence-electron chi connectivity index (χ0n) is 10.5. The molecule has 0 aromatic carbocycles. The lowest BCUT2D eigenvalue weighted by atomic mass is 10.1. The van der Waals surface area contributed by atoms with Gasteiger partial charge in [0.05, 0.1) is 0 Å². The van der Waals surface area contributed by atoms with Gasteiger partial charge in [-0.25, -0.2) is 0 Å². The third-order valence-electron chi connectivity index (χ3n) is 2.59. The van der Waals surface area contributed by atoms with Crippen molar-refractivity contribution in [1.29, 1.82) is 0 Å². The third kappa shape index (κ3) is 8.97. The van der Waals surface area contributed by atoms with Crippen LogP contribution in [0.25, 0.3) is 0 Å². The molecule has 8 heteroatoms. The van der Waals surface area contributed by atoms with E-state index in [1.807, 2.05) is 0 Å². The fourth-order valence-electron chi connectivity index (χ4n) is 1.47. The first-order valence-electron chi connectivity index (χ1n) is 6.01. The van der Waals surface area contributed by atoms with Crippen LogP contribution < -0.4 is 11.1 Å². The van der Waals surface area contributed by atoms with Gasteiger partial charge in [0.2, 0.25) is 0 Å². The van der Waals surface area contributed by atoms with Crippen LogP contribution in [0.1, 0.15) is 32.1 Å². The van der Waals surface area contributed by atoms with E-state index in [2.05, 4.69) is 5.32 Å². The first-order valence-corrected chi connectivity index (χ1v) is 6.01. The Morgan fingerprint density at radius 2 is 1.63 bits per heavy atom. The van der Waals surface area contributed by atoms with E-state index in [0.717, 1.165) is 0 Å². The number of aliphatic carboxylic acids is 3. The number of unbranched alkanes of at least 4 members (excludes halogenated alkanes) is 1. The summed E-state index contributed by atoms with van der Waals surface area (Å²) >= 11 is 0. The van der Waals surface area contributed by atoms with Crippen molar-refractivity contribution in [1.82, 2.24) is 5.32 Å². The smallest absolute Gasteiger partial charge is 0.320 e. The largest absolute Gasteiger partial charge is 0.481 e. The summed E-state index contributed by atoms with van der Waals surface area (Å²) in [6.07, 6.45) is 1.26. The first-order chi connectivity index (χ1) is 8.84. The van der Waals surface area contributed by atoms with E-state index in [0.29, 0.717) is 25.8 Å². The Balaban J connectivity index is 3.78. The van der Waals surface area contributed by atoms with E-state index in [1.165, 1.54) is 0 Å². The van der Waals surface area contributed by atoms with Gasteiger partial charge in [-0.1, -0.05) is 6.42 Å². The summed E-state index contributed by atoms with van der Waals surface area (Å²) in [6, 6.07) is -1.80. The van der Waals surface area contributed by atoms with Gasteiger partial charge in [-0.15, -0.1) is 0 Å². The minimum absolute atomic E-state index is 0.0132. The summed E-state index contributed by atoms with van der Waals surface area (Å²) in [6.45, 7) is 0.378. The molecule has 0 rings (SSSR count). The Morgan fingerprint density at radius 1 is 1.00 bits per heavy atom. The van der Waals surface area contributed by atoms with E-state index in [-0.39, 0.29) is 12.8 Å². The molecule has 2 unspecified atom stereocenters. The molecule has 0 aliphatic carbocycles. The molecule has 0 saturated heterocycles. The second-order valence-electron chi connectivity index (χ2n) is 4.22.